The van der Waals surface area contributed by atoms with Crippen molar-refractivity contribution in [1.82, 2.24) is 9.88 Å². The molecule has 102 valence electrons. The highest BCUT2D eigenvalue weighted by Crippen LogP contribution is 2.20. The Kier molecular flexibility index (Phi) is 4.79. The summed E-state index contributed by atoms with van der Waals surface area (Å²) in [6.07, 6.45) is 4.81. The van der Waals surface area contributed by atoms with Crippen LogP contribution in [-0.4, -0.2) is 45.7 Å². The van der Waals surface area contributed by atoms with Crippen molar-refractivity contribution >= 4 is 23.6 Å². The van der Waals surface area contributed by atoms with Gasteiger partial charge in [-0.05, 0) is 25.0 Å². The molecule has 5 nitrogen and oxygen atoms in total. The summed E-state index contributed by atoms with van der Waals surface area (Å²) < 4.78 is 0. The van der Waals surface area contributed by atoms with E-state index in [9.17, 15) is 9.59 Å². The van der Waals surface area contributed by atoms with Crippen molar-refractivity contribution in [2.75, 3.05) is 18.8 Å². The van der Waals surface area contributed by atoms with Crippen LogP contribution in [0.2, 0.25) is 0 Å². The number of carboxylic acids is 1. The first-order valence-corrected chi connectivity index (χ1v) is 7.19. The Bertz CT molecular complexity index is 452. The Morgan fingerprint density at radius 1 is 1.42 bits per heavy atom. The molecule has 1 fully saturated rings. The first kappa shape index (κ1) is 13.9. The third kappa shape index (κ3) is 3.96. The summed E-state index contributed by atoms with van der Waals surface area (Å²) in [5.41, 5.74) is 0. The fraction of sp³-hybridized carbons (Fsp3) is 0.462. The number of piperidine rings is 1. The van der Waals surface area contributed by atoms with Crippen molar-refractivity contribution in [3.05, 3.63) is 24.5 Å². The number of hydrogen-bond donors (Lipinski definition) is 1. The minimum atomic E-state index is -0.806. The van der Waals surface area contributed by atoms with Gasteiger partial charge in [0, 0.05) is 30.4 Å². The van der Waals surface area contributed by atoms with Gasteiger partial charge in [-0.2, -0.15) is 0 Å². The van der Waals surface area contributed by atoms with E-state index < -0.39 is 11.9 Å². The van der Waals surface area contributed by atoms with Crippen LogP contribution in [0.1, 0.15) is 12.8 Å². The van der Waals surface area contributed by atoms with E-state index in [1.165, 1.54) is 11.8 Å². The Morgan fingerprint density at radius 3 is 2.84 bits per heavy atom. The molecule has 1 unspecified atom stereocenters. The number of aliphatic carboxylic acids is 1. The number of carbonyl (C=O) groups is 2. The summed E-state index contributed by atoms with van der Waals surface area (Å²) in [4.78, 5) is 29.6. The molecule has 0 aliphatic carbocycles. The van der Waals surface area contributed by atoms with Gasteiger partial charge in [-0.3, -0.25) is 14.6 Å². The Morgan fingerprint density at radius 2 is 2.16 bits per heavy atom. The van der Waals surface area contributed by atoms with Crippen LogP contribution in [0.15, 0.2) is 29.4 Å². The second-order valence-corrected chi connectivity index (χ2v) is 5.54. The Labute approximate surface area is 116 Å². The van der Waals surface area contributed by atoms with Crippen molar-refractivity contribution in [2.45, 2.75) is 17.7 Å². The van der Waals surface area contributed by atoms with Gasteiger partial charge < -0.3 is 10.0 Å². The lowest BCUT2D eigenvalue weighted by atomic mass is 9.98. The largest absolute Gasteiger partial charge is 0.481 e. The van der Waals surface area contributed by atoms with Crippen LogP contribution >= 0.6 is 11.8 Å². The normalized spacial score (nSPS) is 19.2. The molecule has 1 aromatic rings. The summed E-state index contributed by atoms with van der Waals surface area (Å²) in [5, 5.41) is 9.00. The number of carbonyl (C=O) groups excluding carboxylic acids is 1. The average molecular weight is 280 g/mol. The molecular formula is C13H16N2O3S. The van der Waals surface area contributed by atoms with Gasteiger partial charge in [-0.1, -0.05) is 0 Å². The number of rotatable bonds is 4. The van der Waals surface area contributed by atoms with E-state index in [2.05, 4.69) is 4.98 Å². The van der Waals surface area contributed by atoms with Gasteiger partial charge in [0.05, 0.1) is 11.7 Å². The van der Waals surface area contributed by atoms with Crippen LogP contribution in [0.3, 0.4) is 0 Å². The van der Waals surface area contributed by atoms with Crippen LogP contribution in [0.5, 0.6) is 0 Å². The zero-order valence-corrected chi connectivity index (χ0v) is 11.3. The number of hydrogen-bond acceptors (Lipinski definition) is 4. The highest BCUT2D eigenvalue weighted by atomic mass is 32.2. The van der Waals surface area contributed by atoms with E-state index in [4.69, 9.17) is 5.11 Å². The summed E-state index contributed by atoms with van der Waals surface area (Å²) in [5.74, 6) is -0.869. The third-order valence-electron chi connectivity index (χ3n) is 3.14. The molecule has 1 atom stereocenters. The average Bonchev–Trinajstić information content (AvgIpc) is 2.46. The summed E-state index contributed by atoms with van der Waals surface area (Å²) in [7, 11) is 0. The van der Waals surface area contributed by atoms with Gasteiger partial charge in [0.2, 0.25) is 5.91 Å². The molecule has 0 saturated carbocycles. The van der Waals surface area contributed by atoms with Crippen molar-refractivity contribution in [3.8, 4) is 0 Å². The van der Waals surface area contributed by atoms with Crippen molar-refractivity contribution in [3.63, 3.8) is 0 Å². The van der Waals surface area contributed by atoms with Crippen LogP contribution in [0.4, 0.5) is 0 Å². The van der Waals surface area contributed by atoms with Crippen LogP contribution in [0.25, 0.3) is 0 Å². The molecule has 1 aromatic heterocycles. The summed E-state index contributed by atoms with van der Waals surface area (Å²) in [6, 6.07) is 3.71. The van der Waals surface area contributed by atoms with E-state index in [1.54, 1.807) is 17.3 Å². The molecule has 0 radical (unpaired) electrons. The number of nitrogens with zero attached hydrogens (tertiary/aromatic N) is 2. The molecule has 1 saturated heterocycles. The molecule has 2 heterocycles. The third-order valence-corrected chi connectivity index (χ3v) is 4.13. The highest BCUT2D eigenvalue weighted by molar-refractivity contribution is 8.00. The summed E-state index contributed by atoms with van der Waals surface area (Å²) >= 11 is 1.45. The maximum absolute atomic E-state index is 12.0. The minimum absolute atomic E-state index is 0.00719. The lowest BCUT2D eigenvalue weighted by Crippen LogP contribution is -2.43. The van der Waals surface area contributed by atoms with Crippen LogP contribution in [0, 0.1) is 5.92 Å². The zero-order valence-electron chi connectivity index (χ0n) is 10.5. The molecule has 19 heavy (non-hydrogen) atoms. The Hall–Kier alpha value is -1.56. The topological polar surface area (TPSA) is 70.5 Å². The molecule has 0 bridgehead atoms. The van der Waals surface area contributed by atoms with Gasteiger partial charge in [-0.25, -0.2) is 0 Å². The van der Waals surface area contributed by atoms with Gasteiger partial charge in [0.1, 0.15) is 0 Å². The van der Waals surface area contributed by atoms with Gasteiger partial charge in [-0.15, -0.1) is 11.8 Å². The molecule has 0 aromatic carbocycles. The highest BCUT2D eigenvalue weighted by Gasteiger charge is 2.27. The van der Waals surface area contributed by atoms with Crippen molar-refractivity contribution in [1.29, 1.82) is 0 Å². The fourth-order valence-electron chi connectivity index (χ4n) is 2.08. The molecule has 1 aliphatic heterocycles. The smallest absolute Gasteiger partial charge is 0.308 e. The quantitative estimate of drug-likeness (QED) is 0.846. The molecule has 1 N–H and O–H groups in total. The first-order valence-electron chi connectivity index (χ1n) is 6.20. The van der Waals surface area contributed by atoms with E-state index in [0.29, 0.717) is 25.3 Å². The molecule has 1 aliphatic rings. The van der Waals surface area contributed by atoms with E-state index >= 15 is 0 Å². The molecule has 1 amide bonds. The molecular weight excluding hydrogens is 264 g/mol. The van der Waals surface area contributed by atoms with Gasteiger partial charge >= 0.3 is 5.97 Å². The van der Waals surface area contributed by atoms with E-state index in [0.717, 1.165) is 11.3 Å². The minimum Gasteiger partial charge on any atom is -0.481 e. The number of pyridine rings is 1. The number of likely N-dealkylation sites (tertiary alicyclic amines) is 1. The van der Waals surface area contributed by atoms with Crippen LogP contribution in [-0.2, 0) is 9.59 Å². The maximum Gasteiger partial charge on any atom is 0.308 e. The predicted octanol–water partition coefficient (Wildman–Crippen LogP) is 1.50. The second-order valence-electron chi connectivity index (χ2n) is 4.49. The number of aromatic nitrogens is 1. The second kappa shape index (κ2) is 6.56. The standard InChI is InChI=1S/C13H16N2O3S/c16-12(9-19-11-3-5-14-6-4-11)15-7-1-2-10(8-15)13(17)18/h3-6,10H,1-2,7-9H2,(H,17,18). The number of thioether (sulfide) groups is 1. The lowest BCUT2D eigenvalue weighted by molar-refractivity contribution is -0.145. The van der Waals surface area contributed by atoms with Gasteiger partial charge in [0.15, 0.2) is 0 Å². The molecule has 2 rings (SSSR count). The number of amides is 1. The molecule has 0 spiro atoms. The van der Waals surface area contributed by atoms with Crippen molar-refractivity contribution < 1.29 is 14.7 Å². The maximum atomic E-state index is 12.0. The SMILES string of the molecule is O=C(O)C1CCCN(C(=O)CSc2ccncc2)C1. The lowest BCUT2D eigenvalue weighted by Gasteiger charge is -2.30. The Balaban J connectivity index is 1.84. The summed E-state index contributed by atoms with van der Waals surface area (Å²) in [6.45, 7) is 1.00. The van der Waals surface area contributed by atoms with Crippen LogP contribution < -0.4 is 0 Å². The fourth-order valence-corrected chi connectivity index (χ4v) is 2.86. The molecule has 6 heteroatoms. The van der Waals surface area contributed by atoms with E-state index in [-0.39, 0.29) is 5.91 Å². The predicted molar refractivity (Wildman–Crippen MR) is 71.9 cm³/mol. The number of carboxylic acid groups (broad SMARTS) is 1. The first-order chi connectivity index (χ1) is 9.16. The van der Waals surface area contributed by atoms with E-state index in [1.807, 2.05) is 12.1 Å². The van der Waals surface area contributed by atoms with Crippen molar-refractivity contribution in [2.24, 2.45) is 5.92 Å². The zero-order chi connectivity index (χ0) is 13.7. The van der Waals surface area contributed by atoms with Gasteiger partial charge in [0.25, 0.3) is 0 Å². The monoisotopic (exact) mass is 280 g/mol.